The number of aliphatic hydroxyl groups is 1. The van der Waals surface area contributed by atoms with Crippen molar-refractivity contribution < 1.29 is 9.84 Å². The number of aliphatic hydroxyl groups excluding tert-OH is 1. The van der Waals surface area contributed by atoms with Gasteiger partial charge in [-0.1, -0.05) is 6.92 Å². The van der Waals surface area contributed by atoms with Crippen molar-refractivity contribution in [2.45, 2.75) is 51.4 Å². The topological polar surface area (TPSA) is 56.5 Å². The van der Waals surface area contributed by atoms with Crippen LogP contribution in [-0.4, -0.2) is 48.0 Å². The molecule has 2 fully saturated rings. The van der Waals surface area contributed by atoms with E-state index in [2.05, 4.69) is 17.9 Å². The van der Waals surface area contributed by atoms with E-state index >= 15 is 0 Å². The fourth-order valence-electron chi connectivity index (χ4n) is 3.36. The van der Waals surface area contributed by atoms with Crippen LogP contribution in [0.25, 0.3) is 0 Å². The molecular formula is C14H24N2O2. The average Bonchev–Trinajstić information content (AvgIpc) is 2.38. The minimum absolute atomic E-state index is 0.0698. The SMILES string of the molecule is CC1CCC(C#N)C(N2CC(C)OC(CO)C2)C1. The third kappa shape index (κ3) is 3.03. The van der Waals surface area contributed by atoms with Crippen molar-refractivity contribution in [3.05, 3.63) is 0 Å². The van der Waals surface area contributed by atoms with E-state index in [0.717, 1.165) is 32.4 Å². The van der Waals surface area contributed by atoms with Gasteiger partial charge in [0.2, 0.25) is 0 Å². The quantitative estimate of drug-likeness (QED) is 0.807. The first kappa shape index (κ1) is 13.8. The number of morpholine rings is 1. The maximum Gasteiger partial charge on any atom is 0.0936 e. The Kier molecular flexibility index (Phi) is 4.60. The van der Waals surface area contributed by atoms with Crippen LogP contribution >= 0.6 is 0 Å². The maximum atomic E-state index is 9.31. The van der Waals surface area contributed by atoms with Gasteiger partial charge in [0.05, 0.1) is 30.8 Å². The molecule has 5 atom stereocenters. The predicted molar refractivity (Wildman–Crippen MR) is 68.9 cm³/mol. The van der Waals surface area contributed by atoms with Crippen molar-refractivity contribution in [3.8, 4) is 6.07 Å². The molecule has 0 radical (unpaired) electrons. The Morgan fingerprint density at radius 1 is 1.33 bits per heavy atom. The molecule has 1 heterocycles. The first-order valence-corrected chi connectivity index (χ1v) is 7.04. The Labute approximate surface area is 110 Å². The first-order chi connectivity index (χ1) is 8.63. The van der Waals surface area contributed by atoms with Gasteiger partial charge in [-0.3, -0.25) is 4.90 Å². The molecule has 18 heavy (non-hydrogen) atoms. The number of ether oxygens (including phenoxy) is 1. The van der Waals surface area contributed by atoms with Gasteiger partial charge < -0.3 is 9.84 Å². The van der Waals surface area contributed by atoms with Gasteiger partial charge in [-0.15, -0.1) is 0 Å². The molecule has 5 unspecified atom stereocenters. The minimum atomic E-state index is -0.0923. The van der Waals surface area contributed by atoms with Gasteiger partial charge in [-0.05, 0) is 32.1 Å². The highest BCUT2D eigenvalue weighted by Gasteiger charge is 2.37. The zero-order chi connectivity index (χ0) is 13.1. The summed E-state index contributed by atoms with van der Waals surface area (Å²) in [6.07, 6.45) is 3.33. The van der Waals surface area contributed by atoms with Crippen LogP contribution in [0.5, 0.6) is 0 Å². The molecular weight excluding hydrogens is 228 g/mol. The van der Waals surface area contributed by atoms with Crippen molar-refractivity contribution in [1.82, 2.24) is 4.90 Å². The van der Waals surface area contributed by atoms with Crippen LogP contribution in [0.15, 0.2) is 0 Å². The molecule has 4 nitrogen and oxygen atoms in total. The summed E-state index contributed by atoms with van der Waals surface area (Å²) in [6, 6.07) is 2.82. The van der Waals surface area contributed by atoms with E-state index in [1.165, 1.54) is 0 Å². The highest BCUT2D eigenvalue weighted by molar-refractivity contribution is 4.98. The van der Waals surface area contributed by atoms with E-state index < -0.39 is 0 Å². The van der Waals surface area contributed by atoms with E-state index in [4.69, 9.17) is 4.74 Å². The molecule has 0 aromatic heterocycles. The highest BCUT2D eigenvalue weighted by atomic mass is 16.5. The van der Waals surface area contributed by atoms with Crippen LogP contribution in [0.4, 0.5) is 0 Å². The molecule has 0 aromatic carbocycles. The van der Waals surface area contributed by atoms with Crippen molar-refractivity contribution >= 4 is 0 Å². The molecule has 1 aliphatic carbocycles. The number of rotatable bonds is 2. The molecule has 1 N–H and O–H groups in total. The van der Waals surface area contributed by atoms with Crippen LogP contribution in [-0.2, 0) is 4.74 Å². The molecule has 102 valence electrons. The fourth-order valence-corrected chi connectivity index (χ4v) is 3.36. The van der Waals surface area contributed by atoms with Crippen molar-refractivity contribution in [1.29, 1.82) is 5.26 Å². The first-order valence-electron chi connectivity index (χ1n) is 7.04. The second kappa shape index (κ2) is 6.01. The third-order valence-electron chi connectivity index (χ3n) is 4.27. The van der Waals surface area contributed by atoms with Gasteiger partial charge in [0.15, 0.2) is 0 Å². The summed E-state index contributed by atoms with van der Waals surface area (Å²) >= 11 is 0. The Balaban J connectivity index is 2.05. The third-order valence-corrected chi connectivity index (χ3v) is 4.27. The number of nitriles is 1. The fraction of sp³-hybridized carbons (Fsp3) is 0.929. The second-order valence-electron chi connectivity index (χ2n) is 5.93. The Morgan fingerprint density at radius 3 is 2.78 bits per heavy atom. The Morgan fingerprint density at radius 2 is 2.11 bits per heavy atom. The summed E-state index contributed by atoms with van der Waals surface area (Å²) in [5.41, 5.74) is 0. The molecule has 0 bridgehead atoms. The summed E-state index contributed by atoms with van der Waals surface area (Å²) in [6.45, 7) is 6.03. The number of hydrogen-bond donors (Lipinski definition) is 1. The Bertz CT molecular complexity index is 315. The van der Waals surface area contributed by atoms with E-state index in [-0.39, 0.29) is 24.7 Å². The predicted octanol–water partition coefficient (Wildman–Crippen LogP) is 1.40. The zero-order valence-electron chi connectivity index (χ0n) is 11.4. The molecule has 0 aromatic rings. The molecule has 0 spiro atoms. The number of hydrogen-bond acceptors (Lipinski definition) is 4. The number of nitrogens with zero attached hydrogens (tertiary/aromatic N) is 2. The van der Waals surface area contributed by atoms with E-state index in [0.29, 0.717) is 12.0 Å². The van der Waals surface area contributed by atoms with Crippen LogP contribution < -0.4 is 0 Å². The average molecular weight is 252 g/mol. The van der Waals surface area contributed by atoms with E-state index in [1.54, 1.807) is 0 Å². The van der Waals surface area contributed by atoms with Crippen molar-refractivity contribution in [2.75, 3.05) is 19.7 Å². The summed E-state index contributed by atoms with van der Waals surface area (Å²) in [5, 5.41) is 18.6. The highest BCUT2D eigenvalue weighted by Crippen LogP contribution is 2.33. The molecule has 1 saturated carbocycles. The van der Waals surface area contributed by atoms with Crippen LogP contribution in [0.2, 0.25) is 0 Å². The largest absolute Gasteiger partial charge is 0.394 e. The van der Waals surface area contributed by atoms with Crippen LogP contribution in [0.3, 0.4) is 0 Å². The lowest BCUT2D eigenvalue weighted by atomic mass is 9.78. The smallest absolute Gasteiger partial charge is 0.0936 e. The molecule has 2 aliphatic rings. The van der Waals surface area contributed by atoms with Crippen molar-refractivity contribution in [2.24, 2.45) is 11.8 Å². The molecule has 4 heteroatoms. The van der Waals surface area contributed by atoms with Crippen molar-refractivity contribution in [3.63, 3.8) is 0 Å². The lowest BCUT2D eigenvalue weighted by molar-refractivity contribution is -0.113. The maximum absolute atomic E-state index is 9.31. The lowest BCUT2D eigenvalue weighted by Crippen LogP contribution is -2.55. The van der Waals surface area contributed by atoms with Gasteiger partial charge in [-0.25, -0.2) is 0 Å². The summed E-state index contributed by atoms with van der Waals surface area (Å²) in [5.74, 6) is 0.844. The summed E-state index contributed by atoms with van der Waals surface area (Å²) < 4.78 is 5.68. The molecule has 2 rings (SSSR count). The van der Waals surface area contributed by atoms with Gasteiger partial charge in [0.1, 0.15) is 0 Å². The van der Waals surface area contributed by atoms with Gasteiger partial charge in [0, 0.05) is 19.1 Å². The van der Waals surface area contributed by atoms with Gasteiger partial charge in [0.25, 0.3) is 0 Å². The molecule has 1 aliphatic heterocycles. The second-order valence-corrected chi connectivity index (χ2v) is 5.93. The monoisotopic (exact) mass is 252 g/mol. The minimum Gasteiger partial charge on any atom is -0.394 e. The van der Waals surface area contributed by atoms with Crippen LogP contribution in [0.1, 0.15) is 33.1 Å². The van der Waals surface area contributed by atoms with E-state index in [9.17, 15) is 10.4 Å². The van der Waals surface area contributed by atoms with E-state index in [1.807, 2.05) is 6.92 Å². The lowest BCUT2D eigenvalue weighted by Gasteiger charge is -2.44. The molecule has 0 amide bonds. The van der Waals surface area contributed by atoms with Crippen LogP contribution in [0, 0.1) is 23.2 Å². The molecule has 1 saturated heterocycles. The Hall–Kier alpha value is -0.630. The summed E-state index contributed by atoms with van der Waals surface area (Å²) in [4.78, 5) is 2.37. The van der Waals surface area contributed by atoms with Gasteiger partial charge >= 0.3 is 0 Å². The standard InChI is InChI=1S/C14H24N2O2/c1-10-3-4-12(6-15)14(5-10)16-7-11(2)18-13(8-16)9-17/h10-14,17H,3-5,7-9H2,1-2H3. The van der Waals surface area contributed by atoms with Gasteiger partial charge in [-0.2, -0.15) is 5.26 Å². The zero-order valence-corrected chi connectivity index (χ0v) is 11.4. The summed E-state index contributed by atoms with van der Waals surface area (Å²) in [7, 11) is 0. The normalized spacial score (nSPS) is 42.4.